The highest BCUT2D eigenvalue weighted by molar-refractivity contribution is 9.10. The van der Waals surface area contributed by atoms with Crippen molar-refractivity contribution in [1.82, 2.24) is 4.72 Å². The number of rotatable bonds is 6. The molecule has 0 radical (unpaired) electrons. The third-order valence-corrected chi connectivity index (χ3v) is 6.63. The minimum atomic E-state index is -3.57. The summed E-state index contributed by atoms with van der Waals surface area (Å²) in [6.45, 7) is 1.93. The van der Waals surface area contributed by atoms with Gasteiger partial charge in [-0.2, -0.15) is 0 Å². The third kappa shape index (κ3) is 4.39. The van der Waals surface area contributed by atoms with Crippen LogP contribution >= 0.6 is 15.9 Å². The first kappa shape index (κ1) is 19.2. The van der Waals surface area contributed by atoms with Crippen LogP contribution in [0.1, 0.15) is 24.8 Å². The molecule has 0 unspecified atom stereocenters. The first-order valence-electron chi connectivity index (χ1n) is 8.48. The van der Waals surface area contributed by atoms with Crippen LogP contribution in [0.15, 0.2) is 51.8 Å². The molecule has 3 rings (SSSR count). The van der Waals surface area contributed by atoms with E-state index in [4.69, 9.17) is 9.47 Å². The molecule has 0 spiro atoms. The molecule has 26 heavy (non-hydrogen) atoms. The number of hydrogen-bond acceptors (Lipinski definition) is 4. The van der Waals surface area contributed by atoms with Gasteiger partial charge in [0.05, 0.1) is 22.5 Å². The zero-order valence-corrected chi connectivity index (χ0v) is 17.1. The maximum atomic E-state index is 12.7. The first-order valence-corrected chi connectivity index (χ1v) is 10.8. The first-order chi connectivity index (χ1) is 12.4. The van der Waals surface area contributed by atoms with Crippen molar-refractivity contribution in [2.24, 2.45) is 0 Å². The normalized spacial score (nSPS) is 20.1. The van der Waals surface area contributed by atoms with Crippen molar-refractivity contribution in [1.29, 1.82) is 0 Å². The Morgan fingerprint density at radius 2 is 1.85 bits per heavy atom. The zero-order chi connectivity index (χ0) is 18.7. The Balaban J connectivity index is 1.73. The molecule has 0 saturated heterocycles. The summed E-state index contributed by atoms with van der Waals surface area (Å²) >= 11 is 3.48. The Kier molecular flexibility index (Phi) is 5.89. The van der Waals surface area contributed by atoms with E-state index in [0.717, 1.165) is 35.0 Å². The molecule has 1 aliphatic rings. The van der Waals surface area contributed by atoms with Gasteiger partial charge in [-0.05, 0) is 72.4 Å². The fourth-order valence-corrected chi connectivity index (χ4v) is 4.80. The molecule has 7 heteroatoms. The zero-order valence-electron chi connectivity index (χ0n) is 14.7. The van der Waals surface area contributed by atoms with Gasteiger partial charge in [0.15, 0.2) is 0 Å². The van der Waals surface area contributed by atoms with E-state index in [2.05, 4.69) is 20.7 Å². The van der Waals surface area contributed by atoms with E-state index >= 15 is 0 Å². The number of sulfonamides is 1. The monoisotopic (exact) mass is 439 g/mol. The molecule has 2 aromatic carbocycles. The second-order valence-corrected chi connectivity index (χ2v) is 8.99. The lowest BCUT2D eigenvalue weighted by Crippen LogP contribution is -2.42. The second-order valence-electron chi connectivity index (χ2n) is 6.42. The SMILES string of the molecule is COc1ccc(O[C@@H]2CCC[C@H]2NS(=O)(=O)c2ccc(C)cc2)c(Br)c1. The number of ether oxygens (including phenoxy) is 2. The van der Waals surface area contributed by atoms with Gasteiger partial charge in [0.2, 0.25) is 10.0 Å². The van der Waals surface area contributed by atoms with Crippen LogP contribution in [-0.4, -0.2) is 27.7 Å². The lowest BCUT2D eigenvalue weighted by atomic mass is 10.2. The van der Waals surface area contributed by atoms with Crippen molar-refractivity contribution in [3.05, 3.63) is 52.5 Å². The van der Waals surface area contributed by atoms with Crippen molar-refractivity contribution >= 4 is 26.0 Å². The van der Waals surface area contributed by atoms with E-state index < -0.39 is 10.0 Å². The summed E-state index contributed by atoms with van der Waals surface area (Å²) in [6.07, 6.45) is 2.27. The van der Waals surface area contributed by atoms with Crippen molar-refractivity contribution in [3.8, 4) is 11.5 Å². The van der Waals surface area contributed by atoms with Crippen molar-refractivity contribution < 1.29 is 17.9 Å². The fourth-order valence-electron chi connectivity index (χ4n) is 3.05. The summed E-state index contributed by atoms with van der Waals surface area (Å²) in [5.74, 6) is 1.41. The van der Waals surface area contributed by atoms with Crippen molar-refractivity contribution in [3.63, 3.8) is 0 Å². The van der Waals surface area contributed by atoms with E-state index in [1.165, 1.54) is 0 Å². The molecule has 0 aliphatic heterocycles. The van der Waals surface area contributed by atoms with Gasteiger partial charge in [-0.25, -0.2) is 13.1 Å². The largest absolute Gasteiger partial charge is 0.497 e. The molecule has 0 amide bonds. The van der Waals surface area contributed by atoms with E-state index in [9.17, 15) is 8.42 Å². The number of aryl methyl sites for hydroxylation is 1. The highest BCUT2D eigenvalue weighted by Gasteiger charge is 2.33. The Hall–Kier alpha value is -1.57. The number of nitrogens with one attached hydrogen (secondary N) is 1. The van der Waals surface area contributed by atoms with Gasteiger partial charge in [0.25, 0.3) is 0 Å². The fraction of sp³-hybridized carbons (Fsp3) is 0.368. The summed E-state index contributed by atoms with van der Waals surface area (Å²) in [5.41, 5.74) is 1.02. The van der Waals surface area contributed by atoms with Gasteiger partial charge in [-0.1, -0.05) is 17.7 Å². The van der Waals surface area contributed by atoms with E-state index in [-0.39, 0.29) is 17.0 Å². The summed E-state index contributed by atoms with van der Waals surface area (Å²) in [6, 6.07) is 12.1. The second kappa shape index (κ2) is 7.98. The standard InChI is InChI=1S/C19H22BrNO4S/c1-13-6-9-15(10-7-13)26(22,23)21-17-4-3-5-19(17)25-18-11-8-14(24-2)12-16(18)20/h6-12,17,19,21H,3-5H2,1-2H3/t17-,19-/m1/s1. The van der Waals surface area contributed by atoms with E-state index in [0.29, 0.717) is 5.75 Å². The predicted octanol–water partition coefficient (Wildman–Crippen LogP) is 4.04. The predicted molar refractivity (Wildman–Crippen MR) is 104 cm³/mol. The molecular weight excluding hydrogens is 418 g/mol. The number of halogens is 1. The van der Waals surface area contributed by atoms with Gasteiger partial charge in [-0.3, -0.25) is 0 Å². The maximum Gasteiger partial charge on any atom is 0.240 e. The third-order valence-electron chi connectivity index (χ3n) is 4.51. The molecule has 0 aromatic heterocycles. The molecule has 2 aromatic rings. The lowest BCUT2D eigenvalue weighted by Gasteiger charge is -2.23. The number of methoxy groups -OCH3 is 1. The molecular formula is C19H22BrNO4S. The Bertz CT molecular complexity index is 868. The van der Waals surface area contributed by atoms with Crippen LogP contribution in [0.5, 0.6) is 11.5 Å². The average molecular weight is 440 g/mol. The molecule has 1 fully saturated rings. The summed E-state index contributed by atoms with van der Waals surface area (Å²) < 4.78 is 40.2. The molecule has 1 saturated carbocycles. The smallest absolute Gasteiger partial charge is 0.240 e. The Morgan fingerprint density at radius 3 is 2.50 bits per heavy atom. The highest BCUT2D eigenvalue weighted by Crippen LogP contribution is 2.33. The molecule has 140 valence electrons. The summed E-state index contributed by atoms with van der Waals surface area (Å²) in [4.78, 5) is 0.277. The number of benzene rings is 2. The van der Waals surface area contributed by atoms with Crippen LogP contribution in [0.3, 0.4) is 0 Å². The van der Waals surface area contributed by atoms with Crippen LogP contribution in [0.25, 0.3) is 0 Å². The van der Waals surface area contributed by atoms with E-state index in [1.807, 2.05) is 25.1 Å². The molecule has 5 nitrogen and oxygen atoms in total. The van der Waals surface area contributed by atoms with Gasteiger partial charge >= 0.3 is 0 Å². The van der Waals surface area contributed by atoms with Crippen molar-refractivity contribution in [2.45, 2.75) is 43.2 Å². The van der Waals surface area contributed by atoms with Gasteiger partial charge in [0.1, 0.15) is 17.6 Å². The minimum Gasteiger partial charge on any atom is -0.497 e. The van der Waals surface area contributed by atoms with E-state index in [1.54, 1.807) is 31.4 Å². The van der Waals surface area contributed by atoms with Gasteiger partial charge in [-0.15, -0.1) is 0 Å². The Labute approximate surface area is 162 Å². The molecule has 1 N–H and O–H groups in total. The Morgan fingerprint density at radius 1 is 1.12 bits per heavy atom. The average Bonchev–Trinajstić information content (AvgIpc) is 3.03. The van der Waals surface area contributed by atoms with Crippen LogP contribution in [-0.2, 0) is 10.0 Å². The molecule has 0 heterocycles. The minimum absolute atomic E-state index is 0.208. The van der Waals surface area contributed by atoms with Crippen LogP contribution in [0, 0.1) is 6.92 Å². The topological polar surface area (TPSA) is 64.6 Å². The molecule has 2 atom stereocenters. The quantitative estimate of drug-likeness (QED) is 0.737. The van der Waals surface area contributed by atoms with Gasteiger partial charge < -0.3 is 9.47 Å². The number of hydrogen-bond donors (Lipinski definition) is 1. The summed E-state index contributed by atoms with van der Waals surface area (Å²) in [5, 5.41) is 0. The lowest BCUT2D eigenvalue weighted by molar-refractivity contribution is 0.183. The molecule has 0 bridgehead atoms. The highest BCUT2D eigenvalue weighted by atomic mass is 79.9. The maximum absolute atomic E-state index is 12.7. The van der Waals surface area contributed by atoms with Crippen LogP contribution in [0.2, 0.25) is 0 Å². The van der Waals surface area contributed by atoms with Crippen molar-refractivity contribution in [2.75, 3.05) is 7.11 Å². The van der Waals surface area contributed by atoms with Crippen LogP contribution < -0.4 is 14.2 Å². The molecule has 1 aliphatic carbocycles. The van der Waals surface area contributed by atoms with Crippen LogP contribution in [0.4, 0.5) is 0 Å². The van der Waals surface area contributed by atoms with Gasteiger partial charge in [0, 0.05) is 0 Å². The summed E-state index contributed by atoms with van der Waals surface area (Å²) in [7, 11) is -1.96.